The number of nitrogens with two attached hydrogens (primary N) is 1. The molecule has 110 valence electrons. The molecule has 1 aromatic carbocycles. The van der Waals surface area contributed by atoms with Gasteiger partial charge >= 0.3 is 0 Å². The summed E-state index contributed by atoms with van der Waals surface area (Å²) in [4.78, 5) is 0.0708. The SMILES string of the molecule is Cl.N#Cc1cc(Br)cc(S(=O)(=O)NCC(N)C2CC2)c1. The lowest BCUT2D eigenvalue weighted by Crippen LogP contribution is -2.38. The lowest BCUT2D eigenvalue weighted by Gasteiger charge is -2.12. The van der Waals surface area contributed by atoms with Gasteiger partial charge in [0.25, 0.3) is 0 Å². The predicted octanol–water partition coefficient (Wildman–Crippen LogP) is 1.76. The molecule has 0 aliphatic heterocycles. The second kappa shape index (κ2) is 6.87. The molecule has 1 fully saturated rings. The van der Waals surface area contributed by atoms with E-state index in [0.717, 1.165) is 12.8 Å². The van der Waals surface area contributed by atoms with E-state index in [2.05, 4.69) is 20.7 Å². The lowest BCUT2D eigenvalue weighted by molar-refractivity contribution is 0.547. The van der Waals surface area contributed by atoms with E-state index < -0.39 is 10.0 Å². The van der Waals surface area contributed by atoms with E-state index in [1.807, 2.05) is 6.07 Å². The molecule has 0 amide bonds. The molecule has 0 spiro atoms. The molecule has 0 heterocycles. The van der Waals surface area contributed by atoms with Gasteiger partial charge in [0.1, 0.15) is 0 Å². The summed E-state index contributed by atoms with van der Waals surface area (Å²) in [6, 6.07) is 6.16. The van der Waals surface area contributed by atoms with Crippen LogP contribution in [0.2, 0.25) is 0 Å². The number of benzene rings is 1. The van der Waals surface area contributed by atoms with Gasteiger partial charge in [-0.05, 0) is 37.0 Å². The summed E-state index contributed by atoms with van der Waals surface area (Å²) in [5, 5.41) is 8.85. The van der Waals surface area contributed by atoms with Crippen molar-refractivity contribution in [1.82, 2.24) is 4.72 Å². The van der Waals surface area contributed by atoms with Crippen LogP contribution < -0.4 is 10.5 Å². The zero-order valence-corrected chi connectivity index (χ0v) is 13.8. The van der Waals surface area contributed by atoms with Crippen LogP contribution in [0.3, 0.4) is 0 Å². The van der Waals surface area contributed by atoms with Gasteiger partial charge in [-0.15, -0.1) is 12.4 Å². The van der Waals surface area contributed by atoms with Crippen molar-refractivity contribution >= 4 is 38.4 Å². The molecule has 1 saturated carbocycles. The second-order valence-corrected chi connectivity index (χ2v) is 7.32. The number of nitrogens with zero attached hydrogens (tertiary/aromatic N) is 1. The maximum absolute atomic E-state index is 12.1. The zero-order chi connectivity index (χ0) is 14.0. The number of rotatable bonds is 5. The quantitative estimate of drug-likeness (QED) is 0.813. The minimum absolute atomic E-state index is 0. The highest BCUT2D eigenvalue weighted by atomic mass is 79.9. The van der Waals surface area contributed by atoms with E-state index in [0.29, 0.717) is 16.0 Å². The van der Waals surface area contributed by atoms with Gasteiger partial charge in [0.05, 0.1) is 16.5 Å². The molecule has 1 aliphatic carbocycles. The van der Waals surface area contributed by atoms with Crippen LogP contribution in [-0.2, 0) is 10.0 Å². The molecule has 2 rings (SSSR count). The first kappa shape index (κ1) is 17.4. The van der Waals surface area contributed by atoms with Gasteiger partial charge in [-0.25, -0.2) is 13.1 Å². The predicted molar refractivity (Wildman–Crippen MR) is 82.0 cm³/mol. The molecule has 0 radical (unpaired) electrons. The van der Waals surface area contributed by atoms with Crippen LogP contribution in [0.15, 0.2) is 27.6 Å². The van der Waals surface area contributed by atoms with Gasteiger partial charge in [0.2, 0.25) is 10.0 Å². The summed E-state index contributed by atoms with van der Waals surface area (Å²) in [6.45, 7) is 0.224. The Morgan fingerprint density at radius 3 is 2.65 bits per heavy atom. The van der Waals surface area contributed by atoms with Crippen molar-refractivity contribution in [2.75, 3.05) is 6.54 Å². The van der Waals surface area contributed by atoms with E-state index in [9.17, 15) is 8.42 Å². The highest BCUT2D eigenvalue weighted by molar-refractivity contribution is 9.10. The molecule has 1 atom stereocenters. The zero-order valence-electron chi connectivity index (χ0n) is 10.5. The van der Waals surface area contributed by atoms with Gasteiger partial charge < -0.3 is 5.73 Å². The summed E-state index contributed by atoms with van der Waals surface area (Å²) >= 11 is 3.19. The molecular weight excluding hydrogens is 366 g/mol. The fraction of sp³-hybridized carbons (Fsp3) is 0.417. The highest BCUT2D eigenvalue weighted by Crippen LogP contribution is 2.31. The summed E-state index contributed by atoms with van der Waals surface area (Å²) in [6.07, 6.45) is 2.14. The van der Waals surface area contributed by atoms with Crippen molar-refractivity contribution in [3.63, 3.8) is 0 Å². The van der Waals surface area contributed by atoms with Crippen molar-refractivity contribution in [3.8, 4) is 6.07 Å². The van der Waals surface area contributed by atoms with Crippen LogP contribution in [0, 0.1) is 17.2 Å². The largest absolute Gasteiger partial charge is 0.326 e. The fourth-order valence-corrected chi connectivity index (χ4v) is 3.55. The molecule has 5 nitrogen and oxygen atoms in total. The maximum Gasteiger partial charge on any atom is 0.240 e. The second-order valence-electron chi connectivity index (χ2n) is 4.64. The van der Waals surface area contributed by atoms with Crippen molar-refractivity contribution in [3.05, 3.63) is 28.2 Å². The van der Waals surface area contributed by atoms with Gasteiger partial charge in [0, 0.05) is 17.1 Å². The van der Waals surface area contributed by atoms with Crippen LogP contribution in [0.1, 0.15) is 18.4 Å². The van der Waals surface area contributed by atoms with E-state index in [4.69, 9.17) is 11.0 Å². The Morgan fingerprint density at radius 1 is 1.45 bits per heavy atom. The van der Waals surface area contributed by atoms with Crippen molar-refractivity contribution in [2.24, 2.45) is 11.7 Å². The Kier molecular flexibility index (Phi) is 5.98. The Morgan fingerprint density at radius 2 is 2.10 bits per heavy atom. The van der Waals surface area contributed by atoms with Crippen molar-refractivity contribution in [2.45, 2.75) is 23.8 Å². The third-order valence-electron chi connectivity index (χ3n) is 3.05. The number of halogens is 2. The maximum atomic E-state index is 12.1. The van der Waals surface area contributed by atoms with Gasteiger partial charge in [-0.3, -0.25) is 0 Å². The highest BCUT2D eigenvalue weighted by Gasteiger charge is 2.29. The first-order valence-electron chi connectivity index (χ1n) is 5.88. The summed E-state index contributed by atoms with van der Waals surface area (Å²) in [7, 11) is -3.63. The smallest absolute Gasteiger partial charge is 0.240 e. The van der Waals surface area contributed by atoms with Crippen molar-refractivity contribution in [1.29, 1.82) is 5.26 Å². The molecule has 0 bridgehead atoms. The Bertz CT molecular complexity index is 626. The molecule has 1 aromatic rings. The van der Waals surface area contributed by atoms with Gasteiger partial charge in [-0.2, -0.15) is 5.26 Å². The van der Waals surface area contributed by atoms with Crippen LogP contribution >= 0.6 is 28.3 Å². The molecule has 8 heteroatoms. The molecule has 1 aliphatic rings. The van der Waals surface area contributed by atoms with E-state index in [1.54, 1.807) is 6.07 Å². The average molecular weight is 381 g/mol. The fourth-order valence-electron chi connectivity index (χ4n) is 1.76. The number of hydrogen-bond acceptors (Lipinski definition) is 4. The Balaban J connectivity index is 0.00000200. The number of hydrogen-bond donors (Lipinski definition) is 2. The van der Waals surface area contributed by atoms with Crippen LogP contribution in [0.5, 0.6) is 0 Å². The monoisotopic (exact) mass is 379 g/mol. The van der Waals surface area contributed by atoms with Gasteiger partial charge in [-0.1, -0.05) is 15.9 Å². The van der Waals surface area contributed by atoms with E-state index in [1.165, 1.54) is 12.1 Å². The third-order valence-corrected chi connectivity index (χ3v) is 4.91. The molecule has 20 heavy (non-hydrogen) atoms. The third kappa shape index (κ3) is 4.43. The number of nitriles is 1. The van der Waals surface area contributed by atoms with E-state index in [-0.39, 0.29) is 29.9 Å². The minimum Gasteiger partial charge on any atom is -0.326 e. The average Bonchev–Trinajstić information content (AvgIpc) is 3.19. The molecule has 1 unspecified atom stereocenters. The first-order valence-corrected chi connectivity index (χ1v) is 8.16. The molecule has 3 N–H and O–H groups in total. The Hall–Kier alpha value is -0.650. The summed E-state index contributed by atoms with van der Waals surface area (Å²) in [5.41, 5.74) is 6.15. The molecule has 0 aromatic heterocycles. The van der Waals surface area contributed by atoms with Crippen molar-refractivity contribution < 1.29 is 8.42 Å². The topological polar surface area (TPSA) is 96.0 Å². The van der Waals surface area contributed by atoms with E-state index >= 15 is 0 Å². The standard InChI is InChI=1S/C12H14BrN3O2S.ClH/c13-10-3-8(6-14)4-11(5-10)19(17,18)16-7-12(15)9-1-2-9;/h3-5,9,12,16H,1-2,7,15H2;1H. The van der Waals surface area contributed by atoms with Gasteiger partial charge in [0.15, 0.2) is 0 Å². The summed E-state index contributed by atoms with van der Waals surface area (Å²) < 4.78 is 27.3. The van der Waals surface area contributed by atoms with Crippen LogP contribution in [-0.4, -0.2) is 21.0 Å². The molecular formula is C12H15BrClN3O2S. The normalized spacial score (nSPS) is 16.1. The van der Waals surface area contributed by atoms with Crippen LogP contribution in [0.4, 0.5) is 0 Å². The number of nitrogens with one attached hydrogen (secondary N) is 1. The Labute approximate surface area is 133 Å². The summed E-state index contributed by atoms with van der Waals surface area (Å²) in [5.74, 6) is 0.430. The van der Waals surface area contributed by atoms with Crippen LogP contribution in [0.25, 0.3) is 0 Å². The lowest BCUT2D eigenvalue weighted by atomic mass is 10.2. The molecule has 0 saturated heterocycles. The number of sulfonamides is 1. The minimum atomic E-state index is -3.63. The first-order chi connectivity index (χ1) is 8.92.